The maximum Gasteiger partial charge on any atom is 0.172 e. The second-order valence-electron chi connectivity index (χ2n) is 2.54. The van der Waals surface area contributed by atoms with Gasteiger partial charge in [0.25, 0.3) is 0 Å². The van der Waals surface area contributed by atoms with Crippen molar-refractivity contribution in [2.45, 2.75) is 6.42 Å². The Morgan fingerprint density at radius 1 is 1.71 bits per heavy atom. The third-order valence-electron chi connectivity index (χ3n) is 1.73. The topological polar surface area (TPSA) is 53.2 Å². The number of methoxy groups -OCH3 is 1. The molecule has 0 atom stereocenters. The van der Waals surface area contributed by atoms with Gasteiger partial charge in [0.1, 0.15) is 5.82 Å². The molecule has 0 aliphatic carbocycles. The van der Waals surface area contributed by atoms with Crippen LogP contribution in [0.1, 0.15) is 5.56 Å². The van der Waals surface area contributed by atoms with Gasteiger partial charge in [-0.3, -0.25) is 0 Å². The summed E-state index contributed by atoms with van der Waals surface area (Å²) in [5, 5.41) is 17.9. The lowest BCUT2D eigenvalue weighted by molar-refractivity contribution is 0.367. The number of hydrogen-bond donors (Lipinski definition) is 1. The minimum atomic E-state index is -0.576. The second-order valence-corrected chi connectivity index (χ2v) is 3.33. The van der Waals surface area contributed by atoms with Crippen molar-refractivity contribution in [3.8, 4) is 17.6 Å². The van der Waals surface area contributed by atoms with Crippen LogP contribution in [0, 0.1) is 17.1 Å². The molecule has 0 fully saturated rings. The van der Waals surface area contributed by atoms with Crippen molar-refractivity contribution in [1.82, 2.24) is 0 Å². The van der Waals surface area contributed by atoms with Gasteiger partial charge < -0.3 is 9.84 Å². The first-order valence-corrected chi connectivity index (χ1v) is 4.52. The molecule has 3 nitrogen and oxygen atoms in total. The highest BCUT2D eigenvalue weighted by Gasteiger charge is 2.15. The summed E-state index contributed by atoms with van der Waals surface area (Å²) in [6.07, 6.45) is -0.107. The highest BCUT2D eigenvalue weighted by Crippen LogP contribution is 2.38. The molecule has 0 aromatic heterocycles. The molecule has 0 aliphatic rings. The molecule has 0 radical (unpaired) electrons. The quantitative estimate of drug-likeness (QED) is 0.888. The molecular weight excluding hydrogens is 253 g/mol. The lowest BCUT2D eigenvalue weighted by Gasteiger charge is -2.08. The summed E-state index contributed by atoms with van der Waals surface area (Å²) in [5.74, 6) is -0.733. The van der Waals surface area contributed by atoms with Crippen LogP contribution in [0.25, 0.3) is 0 Å². The highest BCUT2D eigenvalue weighted by atomic mass is 79.9. The van der Waals surface area contributed by atoms with Gasteiger partial charge in [-0.25, -0.2) is 4.39 Å². The Morgan fingerprint density at radius 3 is 2.86 bits per heavy atom. The Morgan fingerprint density at radius 2 is 2.36 bits per heavy atom. The van der Waals surface area contributed by atoms with Crippen molar-refractivity contribution < 1.29 is 14.2 Å². The zero-order valence-corrected chi connectivity index (χ0v) is 8.93. The van der Waals surface area contributed by atoms with Crippen LogP contribution >= 0.6 is 15.9 Å². The first-order chi connectivity index (χ1) is 6.61. The van der Waals surface area contributed by atoms with E-state index in [-0.39, 0.29) is 28.0 Å². The van der Waals surface area contributed by atoms with Crippen LogP contribution in [0.5, 0.6) is 11.5 Å². The Bertz CT molecular complexity index is 401. The molecule has 0 heterocycles. The summed E-state index contributed by atoms with van der Waals surface area (Å²) >= 11 is 3.00. The number of benzene rings is 1. The maximum atomic E-state index is 13.3. The molecule has 0 spiro atoms. The van der Waals surface area contributed by atoms with E-state index in [0.29, 0.717) is 0 Å². The van der Waals surface area contributed by atoms with Crippen LogP contribution in [0.2, 0.25) is 0 Å². The van der Waals surface area contributed by atoms with Crippen molar-refractivity contribution in [2.75, 3.05) is 7.11 Å². The molecule has 0 amide bonds. The Labute approximate surface area is 88.9 Å². The average Bonchev–Trinajstić information content (AvgIpc) is 2.18. The summed E-state index contributed by atoms with van der Waals surface area (Å²) in [7, 11) is 1.32. The van der Waals surface area contributed by atoms with E-state index in [1.165, 1.54) is 7.11 Å². The Hall–Kier alpha value is -1.28. The van der Waals surface area contributed by atoms with Crippen LogP contribution in [-0.2, 0) is 6.42 Å². The molecule has 1 aromatic carbocycles. The lowest BCUT2D eigenvalue weighted by Crippen LogP contribution is -1.94. The van der Waals surface area contributed by atoms with Gasteiger partial charge in [0.15, 0.2) is 11.5 Å². The molecule has 0 saturated heterocycles. The normalized spacial score (nSPS) is 9.57. The number of nitrogens with zero attached hydrogens (tertiary/aromatic N) is 1. The fourth-order valence-corrected chi connectivity index (χ4v) is 1.55. The molecule has 0 aliphatic heterocycles. The standard InChI is InChI=1S/C9H7BrFNO2/c1-14-7-4-6(11)5(2-3-12)8(10)9(7)13/h4,13H,2H2,1H3. The van der Waals surface area contributed by atoms with Crippen LogP contribution in [0.4, 0.5) is 4.39 Å². The number of aromatic hydroxyl groups is 1. The molecule has 14 heavy (non-hydrogen) atoms. The minimum Gasteiger partial charge on any atom is -0.503 e. The first-order valence-electron chi connectivity index (χ1n) is 3.72. The van der Waals surface area contributed by atoms with E-state index in [1.54, 1.807) is 0 Å². The van der Waals surface area contributed by atoms with E-state index in [4.69, 9.17) is 10.00 Å². The van der Waals surface area contributed by atoms with Gasteiger partial charge >= 0.3 is 0 Å². The fraction of sp³-hybridized carbons (Fsp3) is 0.222. The van der Waals surface area contributed by atoms with Crippen molar-refractivity contribution in [1.29, 1.82) is 5.26 Å². The predicted octanol–water partition coefficient (Wildman–Crippen LogP) is 2.37. The van der Waals surface area contributed by atoms with Crippen LogP contribution in [-0.4, -0.2) is 12.2 Å². The third kappa shape index (κ3) is 1.80. The van der Waals surface area contributed by atoms with Gasteiger partial charge in [-0.15, -0.1) is 0 Å². The van der Waals surface area contributed by atoms with E-state index in [2.05, 4.69) is 15.9 Å². The van der Waals surface area contributed by atoms with Gasteiger partial charge in [-0.05, 0) is 15.9 Å². The third-order valence-corrected chi connectivity index (χ3v) is 2.58. The summed E-state index contributed by atoms with van der Waals surface area (Å²) in [6.45, 7) is 0. The highest BCUT2D eigenvalue weighted by molar-refractivity contribution is 9.10. The van der Waals surface area contributed by atoms with Crippen LogP contribution in [0.15, 0.2) is 10.5 Å². The van der Waals surface area contributed by atoms with E-state index < -0.39 is 5.82 Å². The second kappa shape index (κ2) is 4.29. The van der Waals surface area contributed by atoms with Crippen molar-refractivity contribution in [2.24, 2.45) is 0 Å². The van der Waals surface area contributed by atoms with Gasteiger partial charge in [-0.2, -0.15) is 5.26 Å². The molecular formula is C9H7BrFNO2. The van der Waals surface area contributed by atoms with E-state index in [1.807, 2.05) is 6.07 Å². The summed E-state index contributed by atoms with van der Waals surface area (Å²) < 4.78 is 18.2. The summed E-state index contributed by atoms with van der Waals surface area (Å²) in [5.41, 5.74) is 0.130. The number of ether oxygens (including phenoxy) is 1. The number of phenols is 1. The largest absolute Gasteiger partial charge is 0.503 e. The number of hydrogen-bond acceptors (Lipinski definition) is 3. The van der Waals surface area contributed by atoms with Crippen LogP contribution < -0.4 is 4.74 Å². The molecule has 0 saturated carbocycles. The Balaban J connectivity index is 3.35. The van der Waals surface area contributed by atoms with Gasteiger partial charge in [0.05, 0.1) is 24.1 Å². The smallest absolute Gasteiger partial charge is 0.172 e. The van der Waals surface area contributed by atoms with Gasteiger partial charge in [0, 0.05) is 11.6 Å². The lowest BCUT2D eigenvalue weighted by atomic mass is 10.1. The SMILES string of the molecule is COc1cc(F)c(CC#N)c(Br)c1O. The molecule has 0 unspecified atom stereocenters. The minimum absolute atomic E-state index is 0.0380. The molecule has 1 aromatic rings. The Kier molecular flexibility index (Phi) is 3.31. The number of phenolic OH excluding ortho intramolecular Hbond substituents is 1. The zero-order chi connectivity index (χ0) is 10.7. The average molecular weight is 260 g/mol. The van der Waals surface area contributed by atoms with E-state index in [9.17, 15) is 9.50 Å². The zero-order valence-electron chi connectivity index (χ0n) is 7.34. The summed E-state index contributed by atoms with van der Waals surface area (Å²) in [6, 6.07) is 2.86. The van der Waals surface area contributed by atoms with Gasteiger partial charge in [-0.1, -0.05) is 0 Å². The molecule has 1 rings (SSSR count). The first kappa shape index (κ1) is 10.8. The van der Waals surface area contributed by atoms with Crippen molar-refractivity contribution >= 4 is 15.9 Å². The van der Waals surface area contributed by atoms with Crippen molar-refractivity contribution in [3.63, 3.8) is 0 Å². The number of halogens is 2. The van der Waals surface area contributed by atoms with E-state index >= 15 is 0 Å². The van der Waals surface area contributed by atoms with Crippen LogP contribution in [0.3, 0.4) is 0 Å². The number of rotatable bonds is 2. The fourth-order valence-electron chi connectivity index (χ4n) is 1.02. The van der Waals surface area contributed by atoms with E-state index in [0.717, 1.165) is 6.07 Å². The molecule has 74 valence electrons. The van der Waals surface area contributed by atoms with Crippen molar-refractivity contribution in [3.05, 3.63) is 21.9 Å². The predicted molar refractivity (Wildman–Crippen MR) is 51.6 cm³/mol. The van der Waals surface area contributed by atoms with Gasteiger partial charge in [0.2, 0.25) is 0 Å². The molecule has 1 N–H and O–H groups in total. The summed E-state index contributed by atoms with van der Waals surface area (Å²) in [4.78, 5) is 0. The monoisotopic (exact) mass is 259 g/mol. The number of nitriles is 1. The molecule has 5 heteroatoms. The molecule has 0 bridgehead atoms. The maximum absolute atomic E-state index is 13.3.